The molecule has 0 saturated heterocycles. The molecule has 148 valence electrons. The molecule has 0 spiro atoms. The Bertz CT molecular complexity index is 760. The van der Waals surface area contributed by atoms with Crippen LogP contribution in [0.1, 0.15) is 67.7 Å². The van der Waals surface area contributed by atoms with E-state index in [1.54, 1.807) is 6.08 Å². The van der Waals surface area contributed by atoms with Crippen LogP contribution in [0.4, 0.5) is 0 Å². The highest BCUT2D eigenvalue weighted by Gasteiger charge is 2.68. The van der Waals surface area contributed by atoms with E-state index in [0.29, 0.717) is 41.3 Å². The van der Waals surface area contributed by atoms with Gasteiger partial charge >= 0.3 is 0 Å². The first-order valence-corrected chi connectivity index (χ1v) is 10.9. The highest BCUT2D eigenvalue weighted by Crippen LogP contribution is 2.72. The molecule has 0 amide bonds. The lowest BCUT2D eigenvalue weighted by Crippen LogP contribution is -2.57. The summed E-state index contributed by atoms with van der Waals surface area (Å²) in [4.78, 5) is 24.9. The summed E-state index contributed by atoms with van der Waals surface area (Å²) in [5.41, 5.74) is 1.22. The van der Waals surface area contributed by atoms with E-state index in [2.05, 4.69) is 47.6 Å². The van der Waals surface area contributed by atoms with E-state index >= 15 is 0 Å². The Kier molecular flexibility index (Phi) is 4.02. The number of hydrogen-bond donors (Lipinski definition) is 0. The standard InChI is InChI=1S/C25H36O2/c1-14-10-19-21-11-16(3)25(7,17(4)26)24(21,6)13-15(2)22(19)23(5)9-8-18(27)12-20(14)23/h8-9,12,14-16,19,21-22H,10-11,13H2,1-7H3/t14?,15?,16?,19?,21?,22?,23?,24?,25-/m1/s1. The van der Waals surface area contributed by atoms with Gasteiger partial charge in [0.2, 0.25) is 0 Å². The van der Waals surface area contributed by atoms with E-state index in [1.807, 2.05) is 13.0 Å². The van der Waals surface area contributed by atoms with Crippen LogP contribution in [0.2, 0.25) is 0 Å². The first-order chi connectivity index (χ1) is 12.5. The smallest absolute Gasteiger partial charge is 0.178 e. The fourth-order valence-corrected chi connectivity index (χ4v) is 8.62. The quantitative estimate of drug-likeness (QED) is 0.601. The number of ketones is 2. The molecule has 4 rings (SSSR count). The first kappa shape index (κ1) is 19.2. The zero-order valence-corrected chi connectivity index (χ0v) is 18.1. The molecule has 0 radical (unpaired) electrons. The van der Waals surface area contributed by atoms with Gasteiger partial charge in [0.05, 0.1) is 0 Å². The van der Waals surface area contributed by atoms with Gasteiger partial charge in [0.25, 0.3) is 0 Å². The molecule has 0 aromatic heterocycles. The maximum Gasteiger partial charge on any atom is 0.178 e. The summed E-state index contributed by atoms with van der Waals surface area (Å²) in [6.07, 6.45) is 9.41. The SMILES string of the molecule is CC(=O)[C@@]1(C)C(C)CC2C3CC(C)C4=CC(=O)C=CC4(C)C3C(C)CC21C. The molecular weight excluding hydrogens is 332 g/mol. The van der Waals surface area contributed by atoms with Crippen molar-refractivity contribution in [3.05, 3.63) is 23.8 Å². The molecule has 3 saturated carbocycles. The molecule has 4 aliphatic rings. The van der Waals surface area contributed by atoms with Crippen molar-refractivity contribution in [3.8, 4) is 0 Å². The Hall–Kier alpha value is -1.18. The van der Waals surface area contributed by atoms with Crippen molar-refractivity contribution in [2.45, 2.75) is 67.7 Å². The van der Waals surface area contributed by atoms with Crippen LogP contribution in [-0.4, -0.2) is 11.6 Å². The summed E-state index contributed by atoms with van der Waals surface area (Å²) in [6.45, 7) is 15.9. The summed E-state index contributed by atoms with van der Waals surface area (Å²) >= 11 is 0. The van der Waals surface area contributed by atoms with E-state index in [9.17, 15) is 9.59 Å². The van der Waals surface area contributed by atoms with Crippen molar-refractivity contribution in [2.75, 3.05) is 0 Å². The number of carbonyl (C=O) groups excluding carboxylic acids is 2. The van der Waals surface area contributed by atoms with Gasteiger partial charge in [-0.05, 0) is 79.3 Å². The molecule has 0 bridgehead atoms. The molecule has 27 heavy (non-hydrogen) atoms. The average molecular weight is 369 g/mol. The lowest BCUT2D eigenvalue weighted by Gasteiger charge is -2.62. The van der Waals surface area contributed by atoms with E-state index in [4.69, 9.17) is 0 Å². The minimum atomic E-state index is -0.213. The number of hydrogen-bond acceptors (Lipinski definition) is 2. The average Bonchev–Trinajstić information content (AvgIpc) is 2.78. The van der Waals surface area contributed by atoms with E-state index in [0.717, 1.165) is 6.42 Å². The lowest BCUT2D eigenvalue weighted by atomic mass is 9.42. The molecule has 0 aromatic carbocycles. The second-order valence-electron chi connectivity index (χ2n) is 11.0. The highest BCUT2D eigenvalue weighted by atomic mass is 16.1. The second-order valence-corrected chi connectivity index (χ2v) is 11.0. The number of allylic oxidation sites excluding steroid dienone is 4. The van der Waals surface area contributed by atoms with Gasteiger partial charge in [-0.2, -0.15) is 0 Å². The Morgan fingerprint density at radius 2 is 1.78 bits per heavy atom. The number of Topliss-reactive ketones (excluding diaryl/α,β-unsaturated/α-hetero) is 1. The van der Waals surface area contributed by atoms with Crippen molar-refractivity contribution >= 4 is 11.6 Å². The second kappa shape index (κ2) is 5.67. The largest absolute Gasteiger partial charge is 0.299 e. The van der Waals surface area contributed by atoms with E-state index in [-0.39, 0.29) is 22.0 Å². The lowest BCUT2D eigenvalue weighted by molar-refractivity contribution is -0.145. The fourth-order valence-electron chi connectivity index (χ4n) is 8.62. The van der Waals surface area contributed by atoms with Gasteiger partial charge < -0.3 is 0 Å². The van der Waals surface area contributed by atoms with Crippen molar-refractivity contribution in [1.29, 1.82) is 0 Å². The maximum absolute atomic E-state index is 12.8. The molecule has 0 aliphatic heterocycles. The summed E-state index contributed by atoms with van der Waals surface area (Å²) < 4.78 is 0. The van der Waals surface area contributed by atoms with E-state index < -0.39 is 0 Å². The van der Waals surface area contributed by atoms with Crippen molar-refractivity contribution in [3.63, 3.8) is 0 Å². The van der Waals surface area contributed by atoms with Gasteiger partial charge in [0, 0.05) is 10.8 Å². The van der Waals surface area contributed by atoms with Crippen LogP contribution in [-0.2, 0) is 9.59 Å². The summed E-state index contributed by atoms with van der Waals surface area (Å²) in [6, 6.07) is 0. The van der Waals surface area contributed by atoms with Crippen LogP contribution in [0.3, 0.4) is 0 Å². The molecule has 0 aromatic rings. The number of carbonyl (C=O) groups is 2. The third kappa shape index (κ3) is 2.19. The van der Waals surface area contributed by atoms with Gasteiger partial charge in [-0.1, -0.05) is 53.2 Å². The van der Waals surface area contributed by atoms with Gasteiger partial charge in [0.15, 0.2) is 5.78 Å². The fraction of sp³-hybridized carbons (Fsp3) is 0.760. The predicted octanol–water partition coefficient (Wildman–Crippen LogP) is 5.63. The third-order valence-corrected chi connectivity index (χ3v) is 10.0. The monoisotopic (exact) mass is 368 g/mol. The number of rotatable bonds is 1. The summed E-state index contributed by atoms with van der Waals surface area (Å²) in [5, 5.41) is 0. The zero-order valence-electron chi connectivity index (χ0n) is 18.1. The molecule has 4 aliphatic carbocycles. The molecule has 2 nitrogen and oxygen atoms in total. The van der Waals surface area contributed by atoms with Crippen molar-refractivity contribution < 1.29 is 9.59 Å². The first-order valence-electron chi connectivity index (χ1n) is 10.9. The Morgan fingerprint density at radius 1 is 1.11 bits per heavy atom. The minimum Gasteiger partial charge on any atom is -0.299 e. The van der Waals surface area contributed by atoms with Crippen LogP contribution in [0.5, 0.6) is 0 Å². The van der Waals surface area contributed by atoms with Gasteiger partial charge in [-0.25, -0.2) is 0 Å². The van der Waals surface area contributed by atoms with Crippen LogP contribution >= 0.6 is 0 Å². The molecule has 3 fully saturated rings. The molecule has 0 N–H and O–H groups in total. The van der Waals surface area contributed by atoms with Crippen LogP contribution in [0.15, 0.2) is 23.8 Å². The van der Waals surface area contributed by atoms with Gasteiger partial charge in [0.1, 0.15) is 5.78 Å². The Morgan fingerprint density at radius 3 is 2.41 bits per heavy atom. The Labute approximate surface area is 164 Å². The van der Waals surface area contributed by atoms with Crippen molar-refractivity contribution in [2.24, 2.45) is 51.8 Å². The molecule has 2 heteroatoms. The topological polar surface area (TPSA) is 34.1 Å². The summed E-state index contributed by atoms with van der Waals surface area (Å²) in [5.74, 6) is 3.79. The molecular formula is C25H36O2. The highest BCUT2D eigenvalue weighted by molar-refractivity contribution is 6.01. The maximum atomic E-state index is 12.8. The molecule has 9 atom stereocenters. The predicted molar refractivity (Wildman–Crippen MR) is 109 cm³/mol. The van der Waals surface area contributed by atoms with E-state index in [1.165, 1.54) is 18.4 Å². The zero-order chi connectivity index (χ0) is 19.9. The van der Waals surface area contributed by atoms with Gasteiger partial charge in [-0.3, -0.25) is 9.59 Å². The van der Waals surface area contributed by atoms with Gasteiger partial charge in [-0.15, -0.1) is 0 Å². The van der Waals surface area contributed by atoms with Crippen LogP contribution in [0, 0.1) is 51.8 Å². The Balaban J connectivity index is 1.82. The summed E-state index contributed by atoms with van der Waals surface area (Å²) in [7, 11) is 0. The van der Waals surface area contributed by atoms with Crippen LogP contribution < -0.4 is 0 Å². The third-order valence-electron chi connectivity index (χ3n) is 10.0. The normalized spacial score (nSPS) is 54.0. The molecule has 8 unspecified atom stereocenters. The van der Waals surface area contributed by atoms with Crippen LogP contribution in [0.25, 0.3) is 0 Å². The van der Waals surface area contributed by atoms with Crippen molar-refractivity contribution in [1.82, 2.24) is 0 Å². The number of fused-ring (bicyclic) bond motifs is 5. The minimum absolute atomic E-state index is 0.00452. The molecule has 0 heterocycles.